The van der Waals surface area contributed by atoms with Gasteiger partial charge in [-0.15, -0.1) is 0 Å². The van der Waals surface area contributed by atoms with E-state index >= 15 is 0 Å². The first kappa shape index (κ1) is 64.8. The first-order chi connectivity index (χ1) is 46.8. The molecule has 0 amide bonds. The largest absolute Gasteiger partial charge is 0.0622 e. The molecule has 0 N–H and O–H groups in total. The Balaban J connectivity index is 0.000000121. The minimum atomic E-state index is 1.26. The molecule has 0 fully saturated rings. The normalized spacial score (nSPS) is 10.4. The predicted octanol–water partition coefficient (Wildman–Crippen LogP) is 26.6. The maximum absolute atomic E-state index is 2.24. The molecule has 0 aliphatic rings. The van der Waals surface area contributed by atoms with Crippen molar-refractivity contribution in [3.05, 3.63) is 422 Å². The summed E-state index contributed by atoms with van der Waals surface area (Å²) in [7, 11) is 0. The Morgan fingerprint density at radius 1 is 0.126 bits per heavy atom. The number of hydrogen-bond acceptors (Lipinski definition) is 0. The van der Waals surface area contributed by atoms with Crippen LogP contribution in [0.25, 0.3) is 111 Å². The third-order valence-corrected chi connectivity index (χ3v) is 17.0. The molecule has 0 spiro atoms. The summed E-state index contributed by atoms with van der Waals surface area (Å²) < 4.78 is 0. The van der Waals surface area contributed by atoms with Crippen molar-refractivity contribution in [1.29, 1.82) is 0 Å². The number of hydrogen-bond donors (Lipinski definition) is 0. The first-order valence-electron chi connectivity index (χ1n) is 32.8. The lowest BCUT2D eigenvalue weighted by atomic mass is 9.91. The molecule has 0 saturated carbocycles. The van der Waals surface area contributed by atoms with Gasteiger partial charge in [-0.05, 0) is 163 Å². The minimum absolute atomic E-state index is 1.26. The van der Waals surface area contributed by atoms with Gasteiger partial charge in [-0.1, -0.05) is 405 Å². The van der Waals surface area contributed by atoms with E-state index < -0.39 is 0 Å². The summed E-state index contributed by atoms with van der Waals surface area (Å²) in [6, 6.07) is 139. The van der Waals surface area contributed by atoms with Crippen LogP contribution in [0.4, 0.5) is 0 Å². The molecule has 15 aromatic rings. The quantitative estimate of drug-likeness (QED) is 0.128. The molecule has 0 aromatic heterocycles. The Bertz CT molecular complexity index is 4790. The fraction of sp³-hybridized carbons (Fsp3) is 0.0526. The average molecular weight is 1220 g/mol. The van der Waals surface area contributed by atoms with Crippen LogP contribution in [0.5, 0.6) is 0 Å². The highest BCUT2D eigenvalue weighted by molar-refractivity contribution is 5.88. The van der Waals surface area contributed by atoms with E-state index in [0.717, 1.165) is 0 Å². The monoisotopic (exact) mass is 1220 g/mol. The summed E-state index contributed by atoms with van der Waals surface area (Å²) in [5.41, 5.74) is 32.2. The molecule has 15 rings (SSSR count). The highest BCUT2D eigenvalue weighted by atomic mass is 14.2. The van der Waals surface area contributed by atoms with E-state index in [-0.39, 0.29) is 0 Å². The molecule has 0 heteroatoms. The average Bonchev–Trinajstić information content (AvgIpc) is 1.01. The van der Waals surface area contributed by atoms with Crippen LogP contribution in [-0.2, 0) is 0 Å². The summed E-state index contributed by atoms with van der Waals surface area (Å²) in [4.78, 5) is 0. The van der Waals surface area contributed by atoms with Crippen molar-refractivity contribution in [3.8, 4) is 111 Å². The van der Waals surface area contributed by atoms with Gasteiger partial charge in [-0.25, -0.2) is 0 Å². The van der Waals surface area contributed by atoms with Crippen molar-refractivity contribution in [3.63, 3.8) is 0 Å². The Morgan fingerprint density at radius 2 is 0.379 bits per heavy atom. The van der Waals surface area contributed by atoms with Gasteiger partial charge < -0.3 is 0 Å². The second-order valence-corrected chi connectivity index (χ2v) is 23.8. The van der Waals surface area contributed by atoms with Crippen LogP contribution in [0.2, 0.25) is 0 Å². The summed E-state index contributed by atoms with van der Waals surface area (Å²) >= 11 is 0. The van der Waals surface area contributed by atoms with E-state index in [1.165, 1.54) is 139 Å². The van der Waals surface area contributed by atoms with Gasteiger partial charge in [0.05, 0.1) is 0 Å². The zero-order chi connectivity index (χ0) is 65.4. The third kappa shape index (κ3) is 17.3. The highest BCUT2D eigenvalue weighted by Gasteiger charge is 2.12. The van der Waals surface area contributed by atoms with E-state index in [0.29, 0.717) is 0 Å². The molecule has 0 atom stereocenters. The van der Waals surface area contributed by atoms with Crippen molar-refractivity contribution in [2.24, 2.45) is 0 Å². The van der Waals surface area contributed by atoms with Gasteiger partial charge in [0.25, 0.3) is 0 Å². The van der Waals surface area contributed by atoms with Crippen LogP contribution in [0, 0.1) is 34.6 Å². The van der Waals surface area contributed by atoms with Crippen molar-refractivity contribution >= 4 is 0 Å². The maximum atomic E-state index is 2.24. The Hall–Kier alpha value is -11.7. The standard InChI is InChI=1S/5C19H16/c1-15-9-8-14-18(16-10-4-2-5-11-16)19(15)17-12-6-3-7-13-17;1-15-9-5-6-12-17(15)19-14-8-7-13-18(19)16-10-3-2-4-11-16;1-15-8-7-11-17(14-15)19-13-6-5-12-18(19)16-9-3-2-4-10-16;1-15-7-5-6-10-19(15)18-13-11-17(12-14-18)16-8-3-2-4-9-16;1-15-11-13-17(14-12-15)19-10-6-5-9-18(19)16-7-3-2-4-8-16/h5*2-14H,1H3. The fourth-order valence-electron chi connectivity index (χ4n) is 12.1. The molecule has 0 nitrogen and oxygen atoms in total. The smallest absolute Gasteiger partial charge is 0.00761 e. The van der Waals surface area contributed by atoms with Gasteiger partial charge >= 0.3 is 0 Å². The zero-order valence-electron chi connectivity index (χ0n) is 55.0. The predicted molar refractivity (Wildman–Crippen MR) is 410 cm³/mol. The highest BCUT2D eigenvalue weighted by Crippen LogP contribution is 2.38. The first-order valence-corrected chi connectivity index (χ1v) is 32.8. The zero-order valence-corrected chi connectivity index (χ0v) is 55.0. The number of rotatable bonds is 10. The molecular formula is C95H80. The fourth-order valence-corrected chi connectivity index (χ4v) is 12.1. The Morgan fingerprint density at radius 3 is 0.811 bits per heavy atom. The van der Waals surface area contributed by atoms with Gasteiger partial charge in [0, 0.05) is 0 Å². The van der Waals surface area contributed by atoms with Crippen LogP contribution in [-0.4, -0.2) is 0 Å². The molecule has 0 heterocycles. The van der Waals surface area contributed by atoms with Gasteiger partial charge in [0.1, 0.15) is 0 Å². The van der Waals surface area contributed by atoms with Gasteiger partial charge in [-0.3, -0.25) is 0 Å². The summed E-state index contributed by atoms with van der Waals surface area (Å²) in [5.74, 6) is 0. The van der Waals surface area contributed by atoms with E-state index in [4.69, 9.17) is 0 Å². The Kier molecular flexibility index (Phi) is 22.5. The van der Waals surface area contributed by atoms with Crippen molar-refractivity contribution < 1.29 is 0 Å². The lowest BCUT2D eigenvalue weighted by molar-refractivity contribution is 1.45. The molecule has 0 radical (unpaired) electrons. The van der Waals surface area contributed by atoms with Gasteiger partial charge in [0.15, 0.2) is 0 Å². The topological polar surface area (TPSA) is 0 Å². The second kappa shape index (κ2) is 33.0. The summed E-state index contributed by atoms with van der Waals surface area (Å²) in [5, 5.41) is 0. The third-order valence-electron chi connectivity index (χ3n) is 17.0. The van der Waals surface area contributed by atoms with E-state index in [1.807, 2.05) is 6.07 Å². The summed E-state index contributed by atoms with van der Waals surface area (Å²) in [6.45, 7) is 10.7. The molecule has 460 valence electrons. The molecule has 0 aliphatic heterocycles. The summed E-state index contributed by atoms with van der Waals surface area (Å²) in [6.07, 6.45) is 0. The molecule has 0 aliphatic carbocycles. The van der Waals surface area contributed by atoms with Crippen molar-refractivity contribution in [1.82, 2.24) is 0 Å². The molecular weight excluding hydrogens is 1140 g/mol. The lowest BCUT2D eigenvalue weighted by Gasteiger charge is -2.13. The van der Waals surface area contributed by atoms with Crippen LogP contribution in [0.15, 0.2) is 394 Å². The van der Waals surface area contributed by atoms with Crippen LogP contribution in [0.3, 0.4) is 0 Å². The lowest BCUT2D eigenvalue weighted by Crippen LogP contribution is -1.88. The molecule has 0 saturated heterocycles. The van der Waals surface area contributed by atoms with E-state index in [2.05, 4.69) is 423 Å². The number of benzene rings is 15. The van der Waals surface area contributed by atoms with Crippen molar-refractivity contribution in [2.45, 2.75) is 34.6 Å². The SMILES string of the molecule is Cc1ccc(-c2ccccc2-c2ccccc2)cc1.Cc1cccc(-c2ccccc2)c1-c1ccccc1.Cc1cccc(-c2ccccc2-c2ccccc2)c1.Cc1ccccc1-c1ccc(-c2ccccc2)cc1.Cc1ccccc1-c1ccccc1-c1ccccc1. The number of aryl methyl sites for hydroxylation is 5. The van der Waals surface area contributed by atoms with E-state index in [9.17, 15) is 0 Å². The molecule has 15 aromatic carbocycles. The molecule has 95 heavy (non-hydrogen) atoms. The van der Waals surface area contributed by atoms with Gasteiger partial charge in [0.2, 0.25) is 0 Å². The van der Waals surface area contributed by atoms with Crippen LogP contribution in [0.1, 0.15) is 27.8 Å². The van der Waals surface area contributed by atoms with Gasteiger partial charge in [-0.2, -0.15) is 0 Å². The molecule has 0 unspecified atom stereocenters. The van der Waals surface area contributed by atoms with Crippen LogP contribution >= 0.6 is 0 Å². The Labute approximate surface area is 564 Å². The second-order valence-electron chi connectivity index (χ2n) is 23.8. The van der Waals surface area contributed by atoms with E-state index in [1.54, 1.807) is 0 Å². The molecule has 0 bridgehead atoms. The minimum Gasteiger partial charge on any atom is -0.0622 e. The van der Waals surface area contributed by atoms with Crippen LogP contribution < -0.4 is 0 Å². The maximum Gasteiger partial charge on any atom is -0.00761 e. The van der Waals surface area contributed by atoms with Crippen molar-refractivity contribution in [2.75, 3.05) is 0 Å².